The van der Waals surface area contributed by atoms with Gasteiger partial charge in [0.1, 0.15) is 0 Å². The molecule has 0 aromatic carbocycles. The summed E-state index contributed by atoms with van der Waals surface area (Å²) in [5, 5.41) is 0.144. The lowest BCUT2D eigenvalue weighted by atomic mass is 9.80. The van der Waals surface area contributed by atoms with Crippen molar-refractivity contribution in [3.05, 3.63) is 12.5 Å². The van der Waals surface area contributed by atoms with Crippen molar-refractivity contribution in [3.8, 4) is 0 Å². The minimum absolute atomic E-state index is 0.0279. The van der Waals surface area contributed by atoms with E-state index >= 15 is 0 Å². The molecule has 3 rings (SSSR count). The van der Waals surface area contributed by atoms with E-state index in [4.69, 9.17) is 4.74 Å². The molecular weight excluding hydrogens is 266 g/mol. The third-order valence-corrected chi connectivity index (χ3v) is 5.83. The van der Waals surface area contributed by atoms with Crippen LogP contribution >= 0.6 is 0 Å². The molecule has 0 aliphatic carbocycles. The summed E-state index contributed by atoms with van der Waals surface area (Å²) in [5.74, 6) is 0. The number of aromatic nitrogens is 2. The molecule has 19 heavy (non-hydrogen) atoms. The van der Waals surface area contributed by atoms with Crippen molar-refractivity contribution < 1.29 is 13.2 Å². The van der Waals surface area contributed by atoms with Gasteiger partial charge in [-0.2, -0.15) is 4.31 Å². The zero-order valence-electron chi connectivity index (χ0n) is 11.1. The van der Waals surface area contributed by atoms with E-state index in [2.05, 4.69) is 4.98 Å². The van der Waals surface area contributed by atoms with Crippen LogP contribution in [0.25, 0.3) is 0 Å². The summed E-state index contributed by atoms with van der Waals surface area (Å²) in [6.45, 7) is 2.57. The number of nitrogens with zero attached hydrogens (tertiary/aromatic N) is 3. The van der Waals surface area contributed by atoms with E-state index < -0.39 is 10.0 Å². The molecule has 106 valence electrons. The molecular formula is C12H19N3O3S. The van der Waals surface area contributed by atoms with E-state index in [1.165, 1.54) is 6.33 Å². The molecule has 0 N–H and O–H groups in total. The van der Waals surface area contributed by atoms with Gasteiger partial charge in [-0.1, -0.05) is 0 Å². The largest absolute Gasteiger partial charge is 0.381 e. The van der Waals surface area contributed by atoms with Gasteiger partial charge in [0, 0.05) is 38.4 Å². The van der Waals surface area contributed by atoms with Crippen LogP contribution in [0.4, 0.5) is 0 Å². The summed E-state index contributed by atoms with van der Waals surface area (Å²) in [4.78, 5) is 3.98. The molecule has 2 aliphatic rings. The number of imidazole rings is 1. The fraction of sp³-hybridized carbons (Fsp3) is 0.750. The van der Waals surface area contributed by atoms with Crippen LogP contribution in [0.15, 0.2) is 17.6 Å². The molecule has 6 nitrogen and oxygen atoms in total. The average molecular weight is 285 g/mol. The maximum Gasteiger partial charge on any atom is 0.262 e. The number of sulfonamides is 1. The fourth-order valence-corrected chi connectivity index (χ4v) is 4.55. The molecule has 0 unspecified atom stereocenters. The summed E-state index contributed by atoms with van der Waals surface area (Å²) in [5.41, 5.74) is 0.0279. The van der Waals surface area contributed by atoms with Gasteiger partial charge in [0.25, 0.3) is 10.0 Å². The van der Waals surface area contributed by atoms with Crippen LogP contribution in [-0.2, 0) is 21.8 Å². The van der Waals surface area contributed by atoms with Gasteiger partial charge in [0.15, 0.2) is 5.03 Å². The van der Waals surface area contributed by atoms with Crippen molar-refractivity contribution in [1.29, 1.82) is 0 Å². The predicted octanol–water partition coefficient (Wildman–Crippen LogP) is 0.611. The third-order valence-electron chi connectivity index (χ3n) is 4.10. The maximum atomic E-state index is 12.5. The van der Waals surface area contributed by atoms with Crippen molar-refractivity contribution in [2.24, 2.45) is 12.5 Å². The molecule has 1 atom stereocenters. The SMILES string of the molecule is Cn1cnc(S(=O)(=O)N2CCC[C@]3(CCOC3)C2)c1. The second kappa shape index (κ2) is 4.57. The minimum Gasteiger partial charge on any atom is -0.381 e. The average Bonchev–Trinajstić information content (AvgIpc) is 3.00. The highest BCUT2D eigenvalue weighted by molar-refractivity contribution is 7.89. The second-order valence-electron chi connectivity index (χ2n) is 5.62. The van der Waals surface area contributed by atoms with Crippen molar-refractivity contribution in [3.63, 3.8) is 0 Å². The molecule has 3 heterocycles. The number of ether oxygens (including phenoxy) is 1. The van der Waals surface area contributed by atoms with Crippen LogP contribution in [0.3, 0.4) is 0 Å². The zero-order chi connectivity index (χ0) is 13.5. The predicted molar refractivity (Wildman–Crippen MR) is 69.1 cm³/mol. The van der Waals surface area contributed by atoms with Crippen molar-refractivity contribution in [2.75, 3.05) is 26.3 Å². The summed E-state index contributed by atoms with van der Waals surface area (Å²) in [6.07, 6.45) is 5.99. The van der Waals surface area contributed by atoms with Crippen molar-refractivity contribution >= 4 is 10.0 Å². The van der Waals surface area contributed by atoms with E-state index in [9.17, 15) is 8.42 Å². The molecule has 0 bridgehead atoms. The van der Waals surface area contributed by atoms with E-state index in [0.29, 0.717) is 19.7 Å². The van der Waals surface area contributed by atoms with Gasteiger partial charge in [-0.3, -0.25) is 0 Å². The Hall–Kier alpha value is -0.920. The van der Waals surface area contributed by atoms with Crippen molar-refractivity contribution in [1.82, 2.24) is 13.9 Å². The third kappa shape index (κ3) is 2.30. The summed E-state index contributed by atoms with van der Waals surface area (Å²) in [7, 11) is -1.69. The first-order chi connectivity index (χ1) is 9.02. The van der Waals surface area contributed by atoms with Gasteiger partial charge in [0.05, 0.1) is 12.9 Å². The Kier molecular flexibility index (Phi) is 3.15. The Morgan fingerprint density at radius 2 is 2.26 bits per heavy atom. The lowest BCUT2D eigenvalue weighted by molar-refractivity contribution is 0.105. The Morgan fingerprint density at radius 1 is 1.42 bits per heavy atom. The van der Waals surface area contributed by atoms with Gasteiger partial charge < -0.3 is 9.30 Å². The summed E-state index contributed by atoms with van der Waals surface area (Å²) < 4.78 is 33.8. The summed E-state index contributed by atoms with van der Waals surface area (Å²) in [6, 6.07) is 0. The van der Waals surface area contributed by atoms with Gasteiger partial charge in [-0.25, -0.2) is 13.4 Å². The van der Waals surface area contributed by atoms with Crippen LogP contribution < -0.4 is 0 Å². The lowest BCUT2D eigenvalue weighted by Gasteiger charge is -2.38. The molecule has 2 saturated heterocycles. The fourth-order valence-electron chi connectivity index (χ4n) is 2.99. The molecule has 2 aliphatic heterocycles. The van der Waals surface area contributed by atoms with Gasteiger partial charge in [0.2, 0.25) is 0 Å². The number of hydrogen-bond acceptors (Lipinski definition) is 4. The monoisotopic (exact) mass is 285 g/mol. The Labute approximate surface area is 113 Å². The molecule has 0 saturated carbocycles. The number of hydrogen-bond donors (Lipinski definition) is 0. The molecule has 7 heteroatoms. The first-order valence-corrected chi connectivity index (χ1v) is 8.02. The normalized spacial score (nSPS) is 29.1. The van der Waals surface area contributed by atoms with Crippen LogP contribution in [0.5, 0.6) is 0 Å². The Bertz CT molecular complexity index is 561. The van der Waals surface area contributed by atoms with E-state index in [1.54, 1.807) is 22.1 Å². The van der Waals surface area contributed by atoms with E-state index in [-0.39, 0.29) is 10.4 Å². The first-order valence-electron chi connectivity index (χ1n) is 6.58. The Morgan fingerprint density at radius 3 is 2.89 bits per heavy atom. The van der Waals surface area contributed by atoms with Gasteiger partial charge in [-0.05, 0) is 19.3 Å². The molecule has 1 spiro atoms. The minimum atomic E-state index is -3.46. The zero-order valence-corrected chi connectivity index (χ0v) is 11.9. The second-order valence-corrected chi connectivity index (χ2v) is 7.51. The highest BCUT2D eigenvalue weighted by Gasteiger charge is 2.43. The van der Waals surface area contributed by atoms with Crippen LogP contribution in [0.2, 0.25) is 0 Å². The highest BCUT2D eigenvalue weighted by atomic mass is 32.2. The highest BCUT2D eigenvalue weighted by Crippen LogP contribution is 2.39. The molecule has 0 radical (unpaired) electrons. The first kappa shape index (κ1) is 13.1. The summed E-state index contributed by atoms with van der Waals surface area (Å²) >= 11 is 0. The molecule has 1 aromatic rings. The quantitative estimate of drug-likeness (QED) is 0.798. The lowest BCUT2D eigenvalue weighted by Crippen LogP contribution is -2.46. The number of piperidine rings is 1. The maximum absolute atomic E-state index is 12.5. The van der Waals surface area contributed by atoms with E-state index in [1.807, 2.05) is 0 Å². The van der Waals surface area contributed by atoms with Crippen LogP contribution in [0, 0.1) is 5.41 Å². The smallest absolute Gasteiger partial charge is 0.262 e. The van der Waals surface area contributed by atoms with Crippen LogP contribution in [0.1, 0.15) is 19.3 Å². The molecule has 2 fully saturated rings. The molecule has 0 amide bonds. The number of aryl methyl sites for hydroxylation is 1. The number of rotatable bonds is 2. The van der Waals surface area contributed by atoms with Crippen LogP contribution in [-0.4, -0.2) is 48.6 Å². The topological polar surface area (TPSA) is 64.4 Å². The van der Waals surface area contributed by atoms with Crippen molar-refractivity contribution in [2.45, 2.75) is 24.3 Å². The standard InChI is InChI=1S/C12H19N3O3S/c1-14-7-11(13-10-14)19(16,17)15-5-2-3-12(8-15)4-6-18-9-12/h7,10H,2-6,8-9H2,1H3/t12-/m0/s1. The van der Waals surface area contributed by atoms with Gasteiger partial charge in [-0.15, -0.1) is 0 Å². The van der Waals surface area contributed by atoms with E-state index in [0.717, 1.165) is 25.9 Å². The molecule has 1 aromatic heterocycles. The Balaban J connectivity index is 1.85. The van der Waals surface area contributed by atoms with Gasteiger partial charge >= 0.3 is 0 Å².